The largest absolute Gasteiger partial charge is 0.618 e. The van der Waals surface area contributed by atoms with E-state index in [0.29, 0.717) is 22.5 Å². The molecule has 22 heavy (non-hydrogen) atoms. The SMILES string of the molecule is COc1ccc2c(ccc(-c3ccc([N+](=O)[O-])cc3)[n+]2[O-])c1. The average Bonchev–Trinajstić information content (AvgIpc) is 2.55. The summed E-state index contributed by atoms with van der Waals surface area (Å²) in [6.07, 6.45) is 0. The number of aromatic nitrogens is 1. The lowest BCUT2D eigenvalue weighted by Crippen LogP contribution is -2.29. The van der Waals surface area contributed by atoms with Crippen LogP contribution >= 0.6 is 0 Å². The van der Waals surface area contributed by atoms with Crippen molar-refractivity contribution in [3.8, 4) is 17.0 Å². The van der Waals surface area contributed by atoms with Crippen LogP contribution in [0.15, 0.2) is 54.6 Å². The van der Waals surface area contributed by atoms with Crippen molar-refractivity contribution in [2.75, 3.05) is 7.11 Å². The highest BCUT2D eigenvalue weighted by Crippen LogP contribution is 2.24. The maximum absolute atomic E-state index is 12.5. The Morgan fingerprint density at radius 3 is 2.41 bits per heavy atom. The van der Waals surface area contributed by atoms with E-state index in [4.69, 9.17) is 4.74 Å². The number of nitro groups is 1. The van der Waals surface area contributed by atoms with Crippen LogP contribution in [0.1, 0.15) is 0 Å². The topological polar surface area (TPSA) is 79.3 Å². The minimum absolute atomic E-state index is 0.00766. The van der Waals surface area contributed by atoms with Crippen LogP contribution in [-0.4, -0.2) is 12.0 Å². The summed E-state index contributed by atoms with van der Waals surface area (Å²) in [6, 6.07) is 14.6. The van der Waals surface area contributed by atoms with Crippen molar-refractivity contribution >= 4 is 16.6 Å². The molecule has 6 nitrogen and oxygen atoms in total. The monoisotopic (exact) mass is 296 g/mol. The van der Waals surface area contributed by atoms with Crippen molar-refractivity contribution in [2.24, 2.45) is 0 Å². The molecule has 0 aliphatic rings. The van der Waals surface area contributed by atoms with Crippen LogP contribution in [0, 0.1) is 15.3 Å². The molecule has 0 atom stereocenters. The molecule has 0 aliphatic heterocycles. The molecule has 3 rings (SSSR count). The van der Waals surface area contributed by atoms with E-state index in [1.54, 1.807) is 43.5 Å². The van der Waals surface area contributed by atoms with Gasteiger partial charge in [-0.05, 0) is 30.3 Å². The van der Waals surface area contributed by atoms with E-state index in [1.165, 1.54) is 12.1 Å². The van der Waals surface area contributed by atoms with Crippen molar-refractivity contribution in [3.63, 3.8) is 0 Å². The zero-order valence-corrected chi connectivity index (χ0v) is 11.7. The van der Waals surface area contributed by atoms with Gasteiger partial charge >= 0.3 is 0 Å². The number of hydrogen-bond acceptors (Lipinski definition) is 4. The average molecular weight is 296 g/mol. The standard InChI is InChI=1S/C16H12N2O4/c1-22-14-7-9-16-12(10-14)4-8-15(17(16)19)11-2-5-13(6-3-11)18(20)21/h2-10H,1H3. The Bertz CT molecular complexity index is 860. The predicted octanol–water partition coefficient (Wildman–Crippen LogP) is 3.06. The van der Waals surface area contributed by atoms with Crippen LogP contribution in [0.3, 0.4) is 0 Å². The summed E-state index contributed by atoms with van der Waals surface area (Å²) in [5.41, 5.74) is 1.56. The number of benzene rings is 2. The molecular weight excluding hydrogens is 284 g/mol. The fourth-order valence-corrected chi connectivity index (χ4v) is 2.31. The number of methoxy groups -OCH3 is 1. The summed E-state index contributed by atoms with van der Waals surface area (Å²) in [6.45, 7) is 0. The molecular formula is C16H12N2O4. The Kier molecular flexibility index (Phi) is 3.34. The Hall–Kier alpha value is -3.15. The summed E-state index contributed by atoms with van der Waals surface area (Å²) >= 11 is 0. The lowest BCUT2D eigenvalue weighted by Gasteiger charge is -2.08. The van der Waals surface area contributed by atoms with Gasteiger partial charge in [0, 0.05) is 29.8 Å². The van der Waals surface area contributed by atoms with E-state index >= 15 is 0 Å². The molecule has 1 heterocycles. The van der Waals surface area contributed by atoms with Gasteiger partial charge in [-0.25, -0.2) is 0 Å². The van der Waals surface area contributed by atoms with Gasteiger partial charge in [0.1, 0.15) is 5.75 Å². The van der Waals surface area contributed by atoms with Gasteiger partial charge in [0.2, 0.25) is 11.2 Å². The number of ether oxygens (including phenoxy) is 1. The fourth-order valence-electron chi connectivity index (χ4n) is 2.31. The van der Waals surface area contributed by atoms with Crippen LogP contribution in [0.2, 0.25) is 0 Å². The maximum atomic E-state index is 12.5. The van der Waals surface area contributed by atoms with Crippen molar-refractivity contribution in [2.45, 2.75) is 0 Å². The third-order valence-electron chi connectivity index (χ3n) is 3.47. The maximum Gasteiger partial charge on any atom is 0.269 e. The normalized spacial score (nSPS) is 10.6. The second kappa shape index (κ2) is 5.33. The van der Waals surface area contributed by atoms with Gasteiger partial charge in [0.15, 0.2) is 0 Å². The Balaban J connectivity index is 2.11. The zero-order valence-electron chi connectivity index (χ0n) is 11.7. The number of pyridine rings is 1. The smallest absolute Gasteiger partial charge is 0.269 e. The molecule has 0 saturated heterocycles. The quantitative estimate of drug-likeness (QED) is 0.322. The molecule has 0 fully saturated rings. The molecule has 0 aliphatic carbocycles. The van der Waals surface area contributed by atoms with Gasteiger partial charge in [0.25, 0.3) is 5.69 Å². The molecule has 0 amide bonds. The van der Waals surface area contributed by atoms with Crippen LogP contribution in [0.5, 0.6) is 5.75 Å². The van der Waals surface area contributed by atoms with E-state index in [1.807, 2.05) is 6.07 Å². The fraction of sp³-hybridized carbons (Fsp3) is 0.0625. The lowest BCUT2D eigenvalue weighted by atomic mass is 10.1. The second-order valence-corrected chi connectivity index (χ2v) is 4.74. The van der Waals surface area contributed by atoms with Gasteiger partial charge in [-0.1, -0.05) is 0 Å². The number of nitro benzene ring substituents is 1. The van der Waals surface area contributed by atoms with E-state index < -0.39 is 4.92 Å². The van der Waals surface area contributed by atoms with Gasteiger partial charge < -0.3 is 9.94 Å². The summed E-state index contributed by atoms with van der Waals surface area (Å²) in [7, 11) is 1.57. The zero-order chi connectivity index (χ0) is 15.7. The molecule has 2 aromatic carbocycles. The third-order valence-corrected chi connectivity index (χ3v) is 3.47. The number of hydrogen-bond donors (Lipinski definition) is 0. The van der Waals surface area contributed by atoms with E-state index in [2.05, 4.69) is 0 Å². The van der Waals surface area contributed by atoms with Crippen molar-refractivity contribution in [1.82, 2.24) is 0 Å². The van der Waals surface area contributed by atoms with Crippen LogP contribution in [-0.2, 0) is 0 Å². The molecule has 0 spiro atoms. The van der Waals surface area contributed by atoms with Crippen LogP contribution in [0.4, 0.5) is 5.69 Å². The number of nitrogens with zero attached hydrogens (tertiary/aromatic N) is 2. The number of non-ortho nitro benzene ring substituents is 1. The minimum atomic E-state index is -0.471. The molecule has 0 radical (unpaired) electrons. The Morgan fingerprint density at radius 1 is 1.05 bits per heavy atom. The van der Waals surface area contributed by atoms with Crippen LogP contribution < -0.4 is 9.47 Å². The first-order chi connectivity index (χ1) is 10.6. The van der Waals surface area contributed by atoms with Crippen molar-refractivity contribution in [3.05, 3.63) is 69.9 Å². The molecule has 0 bridgehead atoms. The highest BCUT2D eigenvalue weighted by Gasteiger charge is 2.14. The molecule has 0 N–H and O–H groups in total. The molecule has 6 heteroatoms. The van der Waals surface area contributed by atoms with E-state index in [0.717, 1.165) is 10.1 Å². The van der Waals surface area contributed by atoms with E-state index in [-0.39, 0.29) is 5.69 Å². The van der Waals surface area contributed by atoms with Gasteiger partial charge in [-0.15, -0.1) is 0 Å². The summed E-state index contributed by atoms with van der Waals surface area (Å²) in [5.74, 6) is 0.676. The van der Waals surface area contributed by atoms with Crippen molar-refractivity contribution in [1.29, 1.82) is 0 Å². The molecule has 110 valence electrons. The molecule has 0 unspecified atom stereocenters. The second-order valence-electron chi connectivity index (χ2n) is 4.74. The first kappa shape index (κ1) is 13.8. The van der Waals surface area contributed by atoms with Gasteiger partial charge in [-0.2, -0.15) is 4.73 Å². The Morgan fingerprint density at radius 2 is 1.77 bits per heavy atom. The first-order valence-corrected chi connectivity index (χ1v) is 6.55. The minimum Gasteiger partial charge on any atom is -0.618 e. The molecule has 0 saturated carbocycles. The predicted molar refractivity (Wildman–Crippen MR) is 81.6 cm³/mol. The van der Waals surface area contributed by atoms with Gasteiger partial charge in [0.05, 0.1) is 17.4 Å². The lowest BCUT2D eigenvalue weighted by molar-refractivity contribution is -0.565. The van der Waals surface area contributed by atoms with E-state index in [9.17, 15) is 15.3 Å². The summed E-state index contributed by atoms with van der Waals surface area (Å²) in [4.78, 5) is 10.2. The highest BCUT2D eigenvalue weighted by molar-refractivity contribution is 5.79. The number of rotatable bonds is 3. The summed E-state index contributed by atoms with van der Waals surface area (Å²) < 4.78 is 5.95. The van der Waals surface area contributed by atoms with Gasteiger partial charge in [-0.3, -0.25) is 10.1 Å². The Labute approximate surface area is 125 Å². The molecule has 1 aromatic heterocycles. The van der Waals surface area contributed by atoms with Crippen LogP contribution in [0.25, 0.3) is 22.2 Å². The molecule has 3 aromatic rings. The third kappa shape index (κ3) is 2.31. The highest BCUT2D eigenvalue weighted by atomic mass is 16.6. The number of fused-ring (bicyclic) bond motifs is 1. The van der Waals surface area contributed by atoms with Crippen molar-refractivity contribution < 1.29 is 14.4 Å². The first-order valence-electron chi connectivity index (χ1n) is 6.55. The summed E-state index contributed by atoms with van der Waals surface area (Å²) in [5, 5.41) is 23.9.